The molecule has 0 unspecified atom stereocenters. The zero-order valence-electron chi connectivity index (χ0n) is 9.01. The Hall–Kier alpha value is -1.81. The highest BCUT2D eigenvalue weighted by Crippen LogP contribution is 2.29. The normalized spacial score (nSPS) is 10.6. The second-order valence-corrected chi connectivity index (χ2v) is 4.24. The van der Waals surface area contributed by atoms with E-state index in [1.54, 1.807) is 6.21 Å². The van der Waals surface area contributed by atoms with Crippen LogP contribution in [-0.2, 0) is 0 Å². The van der Waals surface area contributed by atoms with E-state index >= 15 is 0 Å². The topological polar surface area (TPSA) is 47.6 Å². The van der Waals surface area contributed by atoms with E-state index in [1.165, 1.54) is 0 Å². The molecule has 0 amide bonds. The minimum Gasteiger partial charge on any atom is -0.456 e. The summed E-state index contributed by atoms with van der Waals surface area (Å²) in [7, 11) is 0. The number of para-hydroxylation sites is 1. The molecule has 0 saturated carbocycles. The third-order valence-electron chi connectivity index (χ3n) is 2.15. The maximum Gasteiger partial charge on any atom is 0.141 e. The maximum atomic E-state index is 5.72. The molecule has 17 heavy (non-hydrogen) atoms. The fourth-order valence-electron chi connectivity index (χ4n) is 1.38. The lowest BCUT2D eigenvalue weighted by Gasteiger charge is -2.07. The third-order valence-corrected chi connectivity index (χ3v) is 2.77. The van der Waals surface area contributed by atoms with E-state index in [0.717, 1.165) is 21.5 Å². The summed E-state index contributed by atoms with van der Waals surface area (Å²) in [5.41, 5.74) is 0.916. The fourth-order valence-corrected chi connectivity index (χ4v) is 1.86. The summed E-state index contributed by atoms with van der Waals surface area (Å²) in [6.07, 6.45) is 1.58. The number of ether oxygens (including phenoxy) is 1. The second kappa shape index (κ2) is 5.50. The molecule has 86 valence electrons. The largest absolute Gasteiger partial charge is 0.456 e. The van der Waals surface area contributed by atoms with Crippen molar-refractivity contribution in [2.24, 2.45) is 10.9 Å². The van der Waals surface area contributed by atoms with Crippen LogP contribution in [0.5, 0.6) is 11.5 Å². The third kappa shape index (κ3) is 3.07. The van der Waals surface area contributed by atoms with Crippen LogP contribution < -0.4 is 10.6 Å². The van der Waals surface area contributed by atoms with Crippen LogP contribution in [0.4, 0.5) is 0 Å². The van der Waals surface area contributed by atoms with Crippen molar-refractivity contribution in [2.75, 3.05) is 0 Å². The van der Waals surface area contributed by atoms with Crippen LogP contribution in [0.1, 0.15) is 5.56 Å². The van der Waals surface area contributed by atoms with Gasteiger partial charge in [-0.15, -0.1) is 0 Å². The molecule has 0 atom stereocenters. The van der Waals surface area contributed by atoms with Gasteiger partial charge in [0.05, 0.1) is 10.7 Å². The first kappa shape index (κ1) is 11.7. The molecule has 2 aromatic carbocycles. The van der Waals surface area contributed by atoms with Crippen molar-refractivity contribution in [3.05, 3.63) is 58.6 Å². The molecule has 3 nitrogen and oxygen atoms in total. The van der Waals surface area contributed by atoms with Crippen LogP contribution in [-0.4, -0.2) is 6.21 Å². The van der Waals surface area contributed by atoms with E-state index in [2.05, 4.69) is 21.0 Å². The van der Waals surface area contributed by atoms with Crippen molar-refractivity contribution in [1.29, 1.82) is 0 Å². The molecule has 0 spiro atoms. The Kier molecular flexibility index (Phi) is 3.77. The number of benzene rings is 2. The SMILES string of the molecule is NN=Cc1ccc(Oc2ccccc2)c(Br)c1. The minimum atomic E-state index is 0.755. The Balaban J connectivity index is 2.23. The van der Waals surface area contributed by atoms with Gasteiger partial charge in [0, 0.05) is 0 Å². The molecule has 0 aliphatic rings. The van der Waals surface area contributed by atoms with Gasteiger partial charge >= 0.3 is 0 Å². The molecule has 0 aromatic heterocycles. The van der Waals surface area contributed by atoms with Gasteiger partial charge in [0.25, 0.3) is 0 Å². The number of nitrogens with zero attached hydrogens (tertiary/aromatic N) is 1. The monoisotopic (exact) mass is 290 g/mol. The first-order valence-electron chi connectivity index (χ1n) is 5.05. The predicted molar refractivity (Wildman–Crippen MR) is 72.4 cm³/mol. The van der Waals surface area contributed by atoms with E-state index in [4.69, 9.17) is 10.6 Å². The molecule has 0 radical (unpaired) electrons. The van der Waals surface area contributed by atoms with Crippen molar-refractivity contribution in [3.63, 3.8) is 0 Å². The zero-order chi connectivity index (χ0) is 12.1. The Bertz CT molecular complexity index is 526. The van der Waals surface area contributed by atoms with Crippen molar-refractivity contribution >= 4 is 22.1 Å². The molecule has 0 bridgehead atoms. The Labute approximate surface area is 108 Å². The van der Waals surface area contributed by atoms with Crippen molar-refractivity contribution in [2.45, 2.75) is 0 Å². The van der Waals surface area contributed by atoms with Crippen LogP contribution >= 0.6 is 15.9 Å². The predicted octanol–water partition coefficient (Wildman–Crippen LogP) is 3.53. The lowest BCUT2D eigenvalue weighted by Crippen LogP contribution is -1.89. The van der Waals surface area contributed by atoms with Crippen molar-refractivity contribution < 1.29 is 4.74 Å². The minimum absolute atomic E-state index is 0.755. The summed E-state index contributed by atoms with van der Waals surface area (Å²) in [5, 5.41) is 3.47. The molecule has 0 saturated heterocycles. The zero-order valence-corrected chi connectivity index (χ0v) is 10.6. The molecule has 2 rings (SSSR count). The number of hydrazone groups is 1. The van der Waals surface area contributed by atoms with Gasteiger partial charge in [-0.1, -0.05) is 18.2 Å². The van der Waals surface area contributed by atoms with E-state index in [9.17, 15) is 0 Å². The van der Waals surface area contributed by atoms with E-state index in [-0.39, 0.29) is 0 Å². The van der Waals surface area contributed by atoms with Crippen LogP contribution in [0.25, 0.3) is 0 Å². The van der Waals surface area contributed by atoms with Gasteiger partial charge in [-0.3, -0.25) is 0 Å². The van der Waals surface area contributed by atoms with Gasteiger partial charge in [-0.05, 0) is 51.8 Å². The number of rotatable bonds is 3. The first-order chi connectivity index (χ1) is 8.29. The number of hydrogen-bond donors (Lipinski definition) is 1. The molecule has 2 N–H and O–H groups in total. The van der Waals surface area contributed by atoms with Crippen LogP contribution in [0.2, 0.25) is 0 Å². The Morgan fingerprint density at radius 2 is 1.88 bits per heavy atom. The van der Waals surface area contributed by atoms with Crippen molar-refractivity contribution in [1.82, 2.24) is 0 Å². The lowest BCUT2D eigenvalue weighted by molar-refractivity contribution is 0.479. The van der Waals surface area contributed by atoms with Gasteiger partial charge in [-0.25, -0.2) is 0 Å². The quantitative estimate of drug-likeness (QED) is 0.534. The summed E-state index contributed by atoms with van der Waals surface area (Å²) in [5.74, 6) is 6.65. The number of nitrogens with two attached hydrogens (primary N) is 1. The smallest absolute Gasteiger partial charge is 0.141 e. The molecule has 0 aliphatic carbocycles. The maximum absolute atomic E-state index is 5.72. The van der Waals surface area contributed by atoms with Gasteiger partial charge in [0.2, 0.25) is 0 Å². The average molecular weight is 291 g/mol. The molecule has 4 heteroatoms. The molecular formula is C13H11BrN2O. The highest BCUT2D eigenvalue weighted by Gasteiger charge is 2.02. The fraction of sp³-hybridized carbons (Fsp3) is 0. The summed E-state index contributed by atoms with van der Waals surface area (Å²) in [6, 6.07) is 15.3. The average Bonchev–Trinajstić information content (AvgIpc) is 2.34. The Morgan fingerprint density at radius 3 is 2.53 bits per heavy atom. The highest BCUT2D eigenvalue weighted by atomic mass is 79.9. The lowest BCUT2D eigenvalue weighted by atomic mass is 10.2. The van der Waals surface area contributed by atoms with Crippen LogP contribution in [0, 0.1) is 0 Å². The standard InChI is InChI=1S/C13H11BrN2O/c14-12-8-10(9-16-15)6-7-13(12)17-11-4-2-1-3-5-11/h1-9H,15H2. The van der Waals surface area contributed by atoms with Crippen LogP contribution in [0.3, 0.4) is 0 Å². The van der Waals surface area contributed by atoms with E-state index in [1.807, 2.05) is 48.5 Å². The van der Waals surface area contributed by atoms with Gasteiger partial charge in [0.1, 0.15) is 11.5 Å². The first-order valence-corrected chi connectivity index (χ1v) is 5.84. The highest BCUT2D eigenvalue weighted by molar-refractivity contribution is 9.10. The summed E-state index contributed by atoms with van der Waals surface area (Å²) >= 11 is 3.45. The van der Waals surface area contributed by atoms with E-state index in [0.29, 0.717) is 0 Å². The van der Waals surface area contributed by atoms with Crippen molar-refractivity contribution in [3.8, 4) is 11.5 Å². The van der Waals surface area contributed by atoms with Gasteiger partial charge in [0.15, 0.2) is 0 Å². The molecule has 0 fully saturated rings. The van der Waals surface area contributed by atoms with Gasteiger partial charge < -0.3 is 10.6 Å². The number of halogens is 1. The van der Waals surface area contributed by atoms with Crippen LogP contribution in [0.15, 0.2) is 58.1 Å². The Morgan fingerprint density at radius 1 is 1.12 bits per heavy atom. The number of hydrogen-bond acceptors (Lipinski definition) is 3. The summed E-state index contributed by atoms with van der Waals surface area (Å²) in [6.45, 7) is 0. The second-order valence-electron chi connectivity index (χ2n) is 3.38. The summed E-state index contributed by atoms with van der Waals surface area (Å²) in [4.78, 5) is 0. The molecule has 0 aliphatic heterocycles. The van der Waals surface area contributed by atoms with Gasteiger partial charge in [-0.2, -0.15) is 5.10 Å². The molecular weight excluding hydrogens is 280 g/mol. The van der Waals surface area contributed by atoms with E-state index < -0.39 is 0 Å². The molecule has 2 aromatic rings. The summed E-state index contributed by atoms with van der Waals surface area (Å²) < 4.78 is 6.58. The molecule has 0 heterocycles.